The Morgan fingerprint density at radius 3 is 2.75 bits per heavy atom. The summed E-state index contributed by atoms with van der Waals surface area (Å²) < 4.78 is 0. The molecule has 1 amide bonds. The molecule has 5 nitrogen and oxygen atoms in total. The molecule has 0 unspecified atom stereocenters. The van der Waals surface area contributed by atoms with Gasteiger partial charge in [-0.05, 0) is 24.5 Å². The summed E-state index contributed by atoms with van der Waals surface area (Å²) in [6.45, 7) is 0.716. The summed E-state index contributed by atoms with van der Waals surface area (Å²) in [4.78, 5) is 25.7. The van der Waals surface area contributed by atoms with Crippen molar-refractivity contribution in [2.24, 2.45) is 0 Å². The minimum atomic E-state index is 0.105. The molecule has 1 saturated heterocycles. The number of carbonyl (C=O) groups excluding carboxylic acids is 1. The molecule has 5 heteroatoms. The summed E-state index contributed by atoms with van der Waals surface area (Å²) in [6, 6.07) is 3.71. The molecule has 3 rings (SSSR count). The van der Waals surface area contributed by atoms with Crippen molar-refractivity contribution in [2.45, 2.75) is 12.8 Å². The number of pyridine rings is 1. The van der Waals surface area contributed by atoms with Gasteiger partial charge < -0.3 is 0 Å². The lowest BCUT2D eigenvalue weighted by atomic mass is 10.3. The number of amides is 1. The molecular weight excluding hydrogens is 252 g/mol. The van der Waals surface area contributed by atoms with Crippen LogP contribution in [0.5, 0.6) is 0 Å². The first-order valence-electron chi connectivity index (χ1n) is 6.37. The molecule has 0 saturated carbocycles. The lowest BCUT2D eigenvalue weighted by Crippen LogP contribution is -2.24. The smallest absolute Gasteiger partial charge is 0.228 e. The topological polar surface area (TPSA) is 59.0 Å². The molecule has 1 aliphatic heterocycles. The Kier molecular flexibility index (Phi) is 3.38. The Labute approximate surface area is 116 Å². The maximum Gasteiger partial charge on any atom is 0.228 e. The first-order valence-corrected chi connectivity index (χ1v) is 6.37. The summed E-state index contributed by atoms with van der Waals surface area (Å²) in [6.07, 6.45) is 8.04. The molecule has 0 aliphatic carbocycles. The van der Waals surface area contributed by atoms with E-state index in [-0.39, 0.29) is 5.91 Å². The van der Waals surface area contributed by atoms with Crippen LogP contribution in [-0.4, -0.2) is 27.4 Å². The van der Waals surface area contributed by atoms with Crippen molar-refractivity contribution in [3.63, 3.8) is 0 Å². The van der Waals surface area contributed by atoms with E-state index in [4.69, 9.17) is 0 Å². The van der Waals surface area contributed by atoms with Gasteiger partial charge in [0.25, 0.3) is 0 Å². The first-order chi connectivity index (χ1) is 9.83. The van der Waals surface area contributed by atoms with Gasteiger partial charge in [0.1, 0.15) is 5.69 Å². The predicted molar refractivity (Wildman–Crippen MR) is 73.8 cm³/mol. The number of hydrogen-bond donors (Lipinski definition) is 0. The lowest BCUT2D eigenvalue weighted by Gasteiger charge is -2.12. The molecule has 0 spiro atoms. The predicted octanol–water partition coefficient (Wildman–Crippen LogP) is 1.40. The fourth-order valence-electron chi connectivity index (χ4n) is 1.99. The highest BCUT2D eigenvalue weighted by Crippen LogP contribution is 2.17. The van der Waals surface area contributed by atoms with Crippen molar-refractivity contribution in [1.29, 1.82) is 0 Å². The molecule has 0 aromatic carbocycles. The molecule has 3 heterocycles. The van der Waals surface area contributed by atoms with Crippen molar-refractivity contribution >= 4 is 11.7 Å². The maximum absolute atomic E-state index is 11.6. The SMILES string of the molecule is O=C1CCCN1c1cnc(C#Cc2cccnc2)cn1. The van der Waals surface area contributed by atoms with Crippen LogP contribution in [0, 0.1) is 11.8 Å². The number of carbonyl (C=O) groups is 1. The number of anilines is 1. The van der Waals surface area contributed by atoms with Crippen molar-refractivity contribution in [2.75, 3.05) is 11.4 Å². The van der Waals surface area contributed by atoms with E-state index in [9.17, 15) is 4.79 Å². The second kappa shape index (κ2) is 5.49. The Morgan fingerprint density at radius 2 is 2.10 bits per heavy atom. The van der Waals surface area contributed by atoms with E-state index < -0.39 is 0 Å². The molecule has 0 bridgehead atoms. The van der Waals surface area contributed by atoms with Crippen molar-refractivity contribution in [1.82, 2.24) is 15.0 Å². The van der Waals surface area contributed by atoms with Crippen LogP contribution in [0.4, 0.5) is 5.82 Å². The number of aromatic nitrogens is 3. The fraction of sp³-hybridized carbons (Fsp3) is 0.200. The van der Waals surface area contributed by atoms with Gasteiger partial charge in [-0.25, -0.2) is 9.97 Å². The Balaban J connectivity index is 1.77. The van der Waals surface area contributed by atoms with E-state index in [2.05, 4.69) is 26.8 Å². The third kappa shape index (κ3) is 2.64. The Bertz CT molecular complexity index is 671. The molecule has 0 radical (unpaired) electrons. The Morgan fingerprint density at radius 1 is 1.15 bits per heavy atom. The van der Waals surface area contributed by atoms with Gasteiger partial charge in [0.2, 0.25) is 5.91 Å². The van der Waals surface area contributed by atoms with Gasteiger partial charge in [-0.15, -0.1) is 0 Å². The van der Waals surface area contributed by atoms with Gasteiger partial charge in [-0.3, -0.25) is 14.7 Å². The minimum absolute atomic E-state index is 0.105. The van der Waals surface area contributed by atoms with Crippen LogP contribution >= 0.6 is 0 Å². The molecule has 0 atom stereocenters. The monoisotopic (exact) mass is 264 g/mol. The molecule has 1 fully saturated rings. The van der Waals surface area contributed by atoms with Crippen molar-refractivity contribution in [3.05, 3.63) is 48.2 Å². The van der Waals surface area contributed by atoms with Crippen LogP contribution in [0.25, 0.3) is 0 Å². The van der Waals surface area contributed by atoms with E-state index in [0.29, 0.717) is 24.5 Å². The summed E-state index contributed by atoms with van der Waals surface area (Å²) >= 11 is 0. The molecule has 1 aliphatic rings. The highest BCUT2D eigenvalue weighted by atomic mass is 16.2. The van der Waals surface area contributed by atoms with Crippen LogP contribution < -0.4 is 4.90 Å². The van der Waals surface area contributed by atoms with Crippen LogP contribution in [0.2, 0.25) is 0 Å². The molecule has 2 aromatic heterocycles. The molecule has 2 aromatic rings. The second-order valence-corrected chi connectivity index (χ2v) is 4.40. The lowest BCUT2D eigenvalue weighted by molar-refractivity contribution is -0.117. The second-order valence-electron chi connectivity index (χ2n) is 4.40. The zero-order valence-electron chi connectivity index (χ0n) is 10.8. The maximum atomic E-state index is 11.6. The third-order valence-electron chi connectivity index (χ3n) is 2.98. The summed E-state index contributed by atoms with van der Waals surface area (Å²) in [5.41, 5.74) is 1.40. The molecule has 0 N–H and O–H groups in total. The minimum Gasteiger partial charge on any atom is -0.296 e. The van der Waals surface area contributed by atoms with Crippen LogP contribution in [0.1, 0.15) is 24.1 Å². The van der Waals surface area contributed by atoms with Crippen molar-refractivity contribution in [3.8, 4) is 11.8 Å². The Hall–Kier alpha value is -2.74. The molecule has 98 valence electrons. The van der Waals surface area contributed by atoms with Gasteiger partial charge in [-0.2, -0.15) is 0 Å². The van der Waals surface area contributed by atoms with E-state index in [1.807, 2.05) is 12.1 Å². The van der Waals surface area contributed by atoms with E-state index >= 15 is 0 Å². The largest absolute Gasteiger partial charge is 0.296 e. The number of hydrogen-bond acceptors (Lipinski definition) is 4. The summed E-state index contributed by atoms with van der Waals surface area (Å²) in [5.74, 6) is 6.59. The molecule has 20 heavy (non-hydrogen) atoms. The van der Waals surface area contributed by atoms with Crippen molar-refractivity contribution < 1.29 is 4.79 Å². The summed E-state index contributed by atoms with van der Waals surface area (Å²) in [5, 5.41) is 0. The standard InChI is InChI=1S/C15H12N4O/c20-15-4-2-8-19(15)14-11-17-13(10-18-14)6-5-12-3-1-7-16-9-12/h1,3,7,9-11H,2,4,8H2. The average molecular weight is 264 g/mol. The van der Waals surface area contributed by atoms with Gasteiger partial charge in [0.05, 0.1) is 12.4 Å². The number of nitrogens with zero attached hydrogens (tertiary/aromatic N) is 4. The molecular formula is C15H12N4O. The van der Waals surface area contributed by atoms with Crippen LogP contribution in [0.15, 0.2) is 36.9 Å². The van der Waals surface area contributed by atoms with E-state index in [1.54, 1.807) is 29.7 Å². The van der Waals surface area contributed by atoms with Crippen LogP contribution in [-0.2, 0) is 4.79 Å². The van der Waals surface area contributed by atoms with Gasteiger partial charge in [-0.1, -0.05) is 5.92 Å². The highest BCUT2D eigenvalue weighted by Gasteiger charge is 2.22. The first kappa shape index (κ1) is 12.3. The van der Waals surface area contributed by atoms with Crippen LogP contribution in [0.3, 0.4) is 0 Å². The fourth-order valence-corrected chi connectivity index (χ4v) is 1.99. The quantitative estimate of drug-likeness (QED) is 0.730. The third-order valence-corrected chi connectivity index (χ3v) is 2.98. The highest BCUT2D eigenvalue weighted by molar-refractivity contribution is 5.94. The van der Waals surface area contributed by atoms with E-state index in [1.165, 1.54) is 0 Å². The zero-order valence-corrected chi connectivity index (χ0v) is 10.8. The van der Waals surface area contributed by atoms with Gasteiger partial charge >= 0.3 is 0 Å². The summed E-state index contributed by atoms with van der Waals surface area (Å²) in [7, 11) is 0. The normalized spacial score (nSPS) is 14.0. The van der Waals surface area contributed by atoms with E-state index in [0.717, 1.165) is 12.0 Å². The van der Waals surface area contributed by atoms with Gasteiger partial charge in [0, 0.05) is 30.9 Å². The number of rotatable bonds is 1. The van der Waals surface area contributed by atoms with Gasteiger partial charge in [0.15, 0.2) is 5.82 Å². The average Bonchev–Trinajstić information content (AvgIpc) is 2.93. The zero-order chi connectivity index (χ0) is 13.8.